The van der Waals surface area contributed by atoms with Crippen LogP contribution in [0.4, 0.5) is 0 Å². The lowest BCUT2D eigenvalue weighted by Crippen LogP contribution is -2.25. The van der Waals surface area contributed by atoms with Crippen molar-refractivity contribution in [2.24, 2.45) is 0 Å². The monoisotopic (exact) mass is 351 g/mol. The van der Waals surface area contributed by atoms with Gasteiger partial charge in [-0.25, -0.2) is 0 Å². The molecule has 0 heterocycles. The minimum atomic E-state index is 0.0964. The minimum absolute atomic E-state index is 0.0964. The van der Waals surface area contributed by atoms with Crippen LogP contribution < -0.4 is 0 Å². The SMILES string of the molecule is CN(CC(=O)c1ccc(Cl)cc1)Cc1cccc(Br)c1. The Hall–Kier alpha value is -1.16. The van der Waals surface area contributed by atoms with Crippen molar-refractivity contribution >= 4 is 33.3 Å². The van der Waals surface area contributed by atoms with Crippen molar-refractivity contribution in [1.82, 2.24) is 4.90 Å². The van der Waals surface area contributed by atoms with Crippen LogP contribution in [0.3, 0.4) is 0 Å². The Labute approximate surface area is 132 Å². The number of likely N-dealkylation sites (N-methyl/N-ethyl adjacent to an activating group) is 1. The van der Waals surface area contributed by atoms with E-state index in [1.165, 1.54) is 5.56 Å². The average Bonchev–Trinajstić information content (AvgIpc) is 2.39. The zero-order valence-electron chi connectivity index (χ0n) is 11.1. The van der Waals surface area contributed by atoms with Gasteiger partial charge in [0, 0.05) is 21.6 Å². The molecule has 0 saturated heterocycles. The molecule has 4 heteroatoms. The van der Waals surface area contributed by atoms with Crippen LogP contribution in [0.2, 0.25) is 5.02 Å². The molecule has 0 aliphatic carbocycles. The van der Waals surface area contributed by atoms with Crippen LogP contribution in [0.25, 0.3) is 0 Å². The summed E-state index contributed by atoms with van der Waals surface area (Å²) in [7, 11) is 1.94. The van der Waals surface area contributed by atoms with Gasteiger partial charge < -0.3 is 0 Å². The summed E-state index contributed by atoms with van der Waals surface area (Å²) in [6, 6.07) is 15.1. The molecule has 2 nitrogen and oxygen atoms in total. The molecule has 0 amide bonds. The average molecular weight is 353 g/mol. The Morgan fingerprint density at radius 1 is 1.20 bits per heavy atom. The van der Waals surface area contributed by atoms with E-state index in [1.54, 1.807) is 24.3 Å². The van der Waals surface area contributed by atoms with Crippen molar-refractivity contribution in [2.75, 3.05) is 13.6 Å². The van der Waals surface area contributed by atoms with Crippen molar-refractivity contribution in [3.8, 4) is 0 Å². The van der Waals surface area contributed by atoms with Crippen molar-refractivity contribution in [3.05, 3.63) is 69.2 Å². The molecule has 0 aliphatic rings. The van der Waals surface area contributed by atoms with E-state index < -0.39 is 0 Å². The summed E-state index contributed by atoms with van der Waals surface area (Å²) in [5.74, 6) is 0.0964. The molecule has 0 unspecified atom stereocenters. The molecule has 0 radical (unpaired) electrons. The van der Waals surface area contributed by atoms with Gasteiger partial charge in [0.05, 0.1) is 6.54 Å². The molecule has 0 saturated carbocycles. The quantitative estimate of drug-likeness (QED) is 0.743. The van der Waals surface area contributed by atoms with Crippen LogP contribution in [0, 0.1) is 0 Å². The predicted octanol–water partition coefficient (Wildman–Crippen LogP) is 4.42. The van der Waals surface area contributed by atoms with Gasteiger partial charge in [-0.15, -0.1) is 0 Å². The first kappa shape index (κ1) is 15.2. The van der Waals surface area contributed by atoms with E-state index in [0.29, 0.717) is 17.1 Å². The number of halogens is 2. The summed E-state index contributed by atoms with van der Waals surface area (Å²) in [6.45, 7) is 1.12. The van der Waals surface area contributed by atoms with E-state index in [2.05, 4.69) is 22.0 Å². The number of carbonyl (C=O) groups excluding carboxylic acids is 1. The highest BCUT2D eigenvalue weighted by molar-refractivity contribution is 9.10. The first-order chi connectivity index (χ1) is 9.54. The second-order valence-electron chi connectivity index (χ2n) is 4.73. The molecule has 0 atom stereocenters. The van der Waals surface area contributed by atoms with Crippen molar-refractivity contribution in [3.63, 3.8) is 0 Å². The van der Waals surface area contributed by atoms with Gasteiger partial charge in [0.2, 0.25) is 0 Å². The Bertz CT molecular complexity index is 598. The largest absolute Gasteiger partial charge is 0.295 e. The van der Waals surface area contributed by atoms with Crippen LogP contribution in [-0.4, -0.2) is 24.3 Å². The molecule has 0 fully saturated rings. The molecular weight excluding hydrogens is 338 g/mol. The molecule has 20 heavy (non-hydrogen) atoms. The van der Waals surface area contributed by atoms with Gasteiger partial charge >= 0.3 is 0 Å². The van der Waals surface area contributed by atoms with Crippen molar-refractivity contribution < 1.29 is 4.79 Å². The van der Waals surface area contributed by atoms with Crippen LogP contribution >= 0.6 is 27.5 Å². The zero-order chi connectivity index (χ0) is 14.5. The highest BCUT2D eigenvalue weighted by atomic mass is 79.9. The van der Waals surface area contributed by atoms with Crippen LogP contribution in [0.5, 0.6) is 0 Å². The van der Waals surface area contributed by atoms with E-state index in [1.807, 2.05) is 30.1 Å². The Kier molecular flexibility index (Phi) is 5.35. The van der Waals surface area contributed by atoms with E-state index in [9.17, 15) is 4.79 Å². The summed E-state index contributed by atoms with van der Waals surface area (Å²) < 4.78 is 1.05. The highest BCUT2D eigenvalue weighted by Gasteiger charge is 2.09. The normalized spacial score (nSPS) is 10.8. The van der Waals surface area contributed by atoms with E-state index in [-0.39, 0.29) is 5.78 Å². The summed E-state index contributed by atoms with van der Waals surface area (Å²) in [4.78, 5) is 14.1. The fourth-order valence-corrected chi connectivity index (χ4v) is 2.55. The number of hydrogen-bond acceptors (Lipinski definition) is 2. The van der Waals surface area contributed by atoms with Gasteiger partial charge in [-0.1, -0.05) is 39.7 Å². The van der Waals surface area contributed by atoms with Crippen molar-refractivity contribution in [1.29, 1.82) is 0 Å². The number of rotatable bonds is 5. The third kappa shape index (κ3) is 4.44. The molecular formula is C16H15BrClNO. The van der Waals surface area contributed by atoms with Gasteiger partial charge in [-0.2, -0.15) is 0 Å². The Balaban J connectivity index is 1.95. The molecule has 0 bridgehead atoms. The number of benzene rings is 2. The summed E-state index contributed by atoms with van der Waals surface area (Å²) in [5, 5.41) is 0.643. The Morgan fingerprint density at radius 2 is 1.90 bits per heavy atom. The molecule has 104 valence electrons. The van der Waals surface area contributed by atoms with Crippen LogP contribution in [-0.2, 0) is 6.54 Å². The van der Waals surface area contributed by atoms with Gasteiger partial charge in [-0.05, 0) is 49.0 Å². The topological polar surface area (TPSA) is 20.3 Å². The summed E-state index contributed by atoms with van der Waals surface area (Å²) in [5.41, 5.74) is 1.86. The lowest BCUT2D eigenvalue weighted by atomic mass is 10.1. The third-order valence-electron chi connectivity index (χ3n) is 2.92. The van der Waals surface area contributed by atoms with Crippen LogP contribution in [0.15, 0.2) is 53.0 Å². The second-order valence-corrected chi connectivity index (χ2v) is 6.08. The lowest BCUT2D eigenvalue weighted by Gasteiger charge is -2.16. The van der Waals surface area contributed by atoms with E-state index in [4.69, 9.17) is 11.6 Å². The predicted molar refractivity (Wildman–Crippen MR) is 86.3 cm³/mol. The maximum atomic E-state index is 12.1. The zero-order valence-corrected chi connectivity index (χ0v) is 13.5. The summed E-state index contributed by atoms with van der Waals surface area (Å²) in [6.07, 6.45) is 0. The fourth-order valence-electron chi connectivity index (χ4n) is 1.98. The number of hydrogen-bond donors (Lipinski definition) is 0. The lowest BCUT2D eigenvalue weighted by molar-refractivity contribution is 0.0943. The third-order valence-corrected chi connectivity index (χ3v) is 3.67. The Morgan fingerprint density at radius 3 is 2.55 bits per heavy atom. The number of ketones is 1. The van der Waals surface area contributed by atoms with Crippen molar-refractivity contribution in [2.45, 2.75) is 6.54 Å². The first-order valence-electron chi connectivity index (χ1n) is 6.26. The second kappa shape index (κ2) is 7.02. The molecule has 2 aromatic rings. The smallest absolute Gasteiger partial charge is 0.176 e. The number of nitrogens with zero attached hydrogens (tertiary/aromatic N) is 1. The molecule has 0 N–H and O–H groups in total. The van der Waals surface area contributed by atoms with Gasteiger partial charge in [0.1, 0.15) is 0 Å². The standard InChI is InChI=1S/C16H15BrClNO/c1-19(10-12-3-2-4-14(17)9-12)11-16(20)13-5-7-15(18)8-6-13/h2-9H,10-11H2,1H3. The molecule has 0 spiro atoms. The molecule has 0 aromatic heterocycles. The van der Waals surface area contributed by atoms with Gasteiger partial charge in [0.25, 0.3) is 0 Å². The number of carbonyl (C=O) groups is 1. The van der Waals surface area contributed by atoms with Crippen LogP contribution in [0.1, 0.15) is 15.9 Å². The molecule has 2 aromatic carbocycles. The molecule has 0 aliphatic heterocycles. The number of Topliss-reactive ketones (excluding diaryl/α,β-unsaturated/α-hetero) is 1. The van der Waals surface area contributed by atoms with Gasteiger partial charge in [-0.3, -0.25) is 9.69 Å². The maximum Gasteiger partial charge on any atom is 0.176 e. The first-order valence-corrected chi connectivity index (χ1v) is 7.43. The summed E-state index contributed by atoms with van der Waals surface area (Å²) >= 11 is 9.27. The highest BCUT2D eigenvalue weighted by Crippen LogP contribution is 2.14. The molecule has 2 rings (SSSR count). The van der Waals surface area contributed by atoms with E-state index in [0.717, 1.165) is 11.0 Å². The fraction of sp³-hybridized carbons (Fsp3) is 0.188. The minimum Gasteiger partial charge on any atom is -0.295 e. The maximum absolute atomic E-state index is 12.1. The van der Waals surface area contributed by atoms with E-state index >= 15 is 0 Å². The van der Waals surface area contributed by atoms with Gasteiger partial charge in [0.15, 0.2) is 5.78 Å².